The van der Waals surface area contributed by atoms with Gasteiger partial charge in [-0.15, -0.1) is 0 Å². The molecule has 1 saturated carbocycles. The van der Waals surface area contributed by atoms with Gasteiger partial charge < -0.3 is 14.5 Å². The minimum atomic E-state index is -2.16. The monoisotopic (exact) mass is 638 g/mol. The lowest BCUT2D eigenvalue weighted by atomic mass is 9.95. The van der Waals surface area contributed by atoms with Crippen molar-refractivity contribution in [2.45, 2.75) is 96.1 Å². The molecule has 0 aliphatic heterocycles. The average molecular weight is 640 g/mol. The van der Waals surface area contributed by atoms with E-state index in [9.17, 15) is 4.79 Å². The van der Waals surface area contributed by atoms with Gasteiger partial charge in [0.25, 0.3) is 8.32 Å². The van der Waals surface area contributed by atoms with Crippen LogP contribution in [0.2, 0.25) is 28.2 Å². The lowest BCUT2D eigenvalue weighted by Gasteiger charge is -2.37. The number of alkyl carbamates (subject to hydrolysis) is 1. The maximum atomic E-state index is 13.0. The number of rotatable bonds is 9. The van der Waals surface area contributed by atoms with Crippen molar-refractivity contribution < 1.29 is 14.0 Å². The van der Waals surface area contributed by atoms with Crippen LogP contribution in [-0.2, 0) is 11.2 Å². The van der Waals surface area contributed by atoms with Crippen molar-refractivity contribution in [2.24, 2.45) is 4.99 Å². The molecule has 0 saturated heterocycles. The van der Waals surface area contributed by atoms with E-state index in [1.54, 1.807) is 0 Å². The lowest BCUT2D eigenvalue weighted by molar-refractivity contribution is 0.0487. The highest BCUT2D eigenvalue weighted by atomic mass is 35.5. The van der Waals surface area contributed by atoms with Gasteiger partial charge >= 0.3 is 6.09 Å². The second-order valence-electron chi connectivity index (χ2n) is 14.0. The minimum absolute atomic E-state index is 0.00486. The van der Waals surface area contributed by atoms with Gasteiger partial charge in [0.2, 0.25) is 0 Å². The predicted octanol–water partition coefficient (Wildman–Crippen LogP) is 9.88. The fraction of sp³-hybridized carbons (Fsp3) is 0.429. The smallest absolute Gasteiger partial charge is 0.408 e. The largest absolute Gasteiger partial charge is 0.542 e. The number of amides is 1. The average Bonchev–Trinajstić information content (AvgIpc) is 3.68. The summed E-state index contributed by atoms with van der Waals surface area (Å²) in [5.41, 5.74) is 2.61. The van der Waals surface area contributed by atoms with E-state index in [0.29, 0.717) is 22.2 Å². The zero-order valence-electron chi connectivity index (χ0n) is 26.6. The maximum Gasteiger partial charge on any atom is 0.408 e. The number of hydrogen-bond donors (Lipinski definition) is 1. The van der Waals surface area contributed by atoms with Gasteiger partial charge in [-0.25, -0.2) is 4.79 Å². The van der Waals surface area contributed by atoms with Gasteiger partial charge in [-0.1, -0.05) is 105 Å². The first-order valence-electron chi connectivity index (χ1n) is 14.9. The molecule has 230 valence electrons. The van der Waals surface area contributed by atoms with E-state index < -0.39 is 25.6 Å². The number of hydrogen-bond acceptors (Lipinski definition) is 4. The van der Waals surface area contributed by atoms with Crippen LogP contribution in [-0.4, -0.2) is 37.3 Å². The van der Waals surface area contributed by atoms with E-state index in [-0.39, 0.29) is 11.1 Å². The van der Waals surface area contributed by atoms with Crippen molar-refractivity contribution in [1.82, 2.24) is 5.32 Å². The van der Waals surface area contributed by atoms with Gasteiger partial charge in [0.1, 0.15) is 11.4 Å². The molecule has 1 atom stereocenters. The van der Waals surface area contributed by atoms with Gasteiger partial charge in [0.05, 0.1) is 27.3 Å². The maximum absolute atomic E-state index is 13.0. The van der Waals surface area contributed by atoms with Crippen molar-refractivity contribution in [2.75, 3.05) is 0 Å². The summed E-state index contributed by atoms with van der Waals surface area (Å²) in [5, 5.41) is 4.14. The van der Waals surface area contributed by atoms with E-state index in [0.717, 1.165) is 35.2 Å². The van der Waals surface area contributed by atoms with Gasteiger partial charge in [0, 0.05) is 11.1 Å². The third-order valence-corrected chi connectivity index (χ3v) is 13.1. The molecule has 3 aromatic rings. The molecule has 5 nitrogen and oxygen atoms in total. The summed E-state index contributed by atoms with van der Waals surface area (Å²) < 4.78 is 12.2. The van der Waals surface area contributed by atoms with Crippen molar-refractivity contribution in [3.05, 3.63) is 99.5 Å². The molecule has 8 heteroatoms. The minimum Gasteiger partial charge on any atom is -0.542 e. The number of aliphatic imine (C=N–C) groups is 1. The number of ether oxygens (including phenoxy) is 1. The summed E-state index contributed by atoms with van der Waals surface area (Å²) in [4.78, 5) is 18.4. The molecule has 0 heterocycles. The molecular formula is C35H44Cl2N2O3Si. The molecule has 1 aliphatic rings. The first-order valence-corrected chi connectivity index (χ1v) is 18.5. The van der Waals surface area contributed by atoms with Crippen LogP contribution in [0.3, 0.4) is 0 Å². The molecule has 0 aromatic heterocycles. The van der Waals surface area contributed by atoms with Crippen LogP contribution in [0.25, 0.3) is 0 Å². The molecule has 0 spiro atoms. The Morgan fingerprint density at radius 1 is 0.907 bits per heavy atom. The fourth-order valence-corrected chi connectivity index (χ4v) is 6.45. The molecule has 1 aliphatic carbocycles. The molecule has 3 aromatic carbocycles. The molecule has 1 N–H and O–H groups in total. The Morgan fingerprint density at radius 3 is 1.81 bits per heavy atom. The lowest BCUT2D eigenvalue weighted by Crippen LogP contribution is -2.48. The Kier molecular flexibility index (Phi) is 9.75. The van der Waals surface area contributed by atoms with Crippen molar-refractivity contribution >= 4 is 43.3 Å². The van der Waals surface area contributed by atoms with E-state index in [1.165, 1.54) is 0 Å². The van der Waals surface area contributed by atoms with E-state index in [1.807, 2.05) is 69.3 Å². The molecule has 0 bridgehead atoms. The van der Waals surface area contributed by atoms with Gasteiger partial charge in [-0.2, -0.15) is 0 Å². The summed E-state index contributed by atoms with van der Waals surface area (Å²) in [6.45, 7) is 16.5. The first kappa shape index (κ1) is 33.1. The van der Waals surface area contributed by atoms with Crippen LogP contribution in [0.1, 0.15) is 71.1 Å². The van der Waals surface area contributed by atoms with Crippen LogP contribution in [0, 0.1) is 0 Å². The second kappa shape index (κ2) is 12.7. The number of nitrogens with one attached hydrogen (secondary N) is 1. The molecule has 0 radical (unpaired) electrons. The number of nitrogens with zero attached hydrogens (tertiary/aromatic N) is 1. The van der Waals surface area contributed by atoms with E-state index in [4.69, 9.17) is 37.4 Å². The number of carbonyl (C=O) groups excluding carboxylic acids is 1. The molecule has 43 heavy (non-hydrogen) atoms. The van der Waals surface area contributed by atoms with Crippen molar-refractivity contribution in [3.63, 3.8) is 0 Å². The second-order valence-corrected chi connectivity index (χ2v) is 19.5. The van der Waals surface area contributed by atoms with Crippen molar-refractivity contribution in [3.8, 4) is 5.75 Å². The summed E-state index contributed by atoms with van der Waals surface area (Å²) >= 11 is 13.7. The predicted molar refractivity (Wildman–Crippen MR) is 182 cm³/mol. The third-order valence-electron chi connectivity index (χ3n) is 8.21. The van der Waals surface area contributed by atoms with Crippen molar-refractivity contribution in [1.29, 1.82) is 0 Å². The highest BCUT2D eigenvalue weighted by Crippen LogP contribution is 2.45. The van der Waals surface area contributed by atoms with Crippen LogP contribution < -0.4 is 9.74 Å². The Hall–Kier alpha value is -2.80. The Balaban J connectivity index is 1.76. The summed E-state index contributed by atoms with van der Waals surface area (Å²) in [6.07, 6.45) is 1.63. The zero-order chi connectivity index (χ0) is 31.6. The normalized spacial score (nSPS) is 15.3. The molecule has 1 unspecified atom stereocenters. The van der Waals surface area contributed by atoms with E-state index >= 15 is 0 Å². The van der Waals surface area contributed by atoms with Gasteiger partial charge in [-0.3, -0.25) is 4.99 Å². The number of halogens is 2. The Morgan fingerprint density at radius 2 is 1.40 bits per heavy atom. The SMILES string of the molecule is CC(C)(C)OC(=O)NC1(C(Cc2cc(Cl)c(O[Si](C)(C)C(C)(C)C)c(Cl)c2)N=C(c2ccccc2)c2ccccc2)CC1. The summed E-state index contributed by atoms with van der Waals surface area (Å²) in [5.74, 6) is 0.529. The molecular weight excluding hydrogens is 595 g/mol. The van der Waals surface area contributed by atoms with Crippen LogP contribution in [0.15, 0.2) is 77.8 Å². The first-order chi connectivity index (χ1) is 20.0. The van der Waals surface area contributed by atoms with Crippen LogP contribution in [0.4, 0.5) is 4.79 Å². The fourth-order valence-electron chi connectivity index (χ4n) is 4.67. The van der Waals surface area contributed by atoms with Crippen LogP contribution in [0.5, 0.6) is 5.75 Å². The molecule has 1 fully saturated rings. The summed E-state index contributed by atoms with van der Waals surface area (Å²) in [6, 6.07) is 23.8. The highest BCUT2D eigenvalue weighted by Gasteiger charge is 2.52. The zero-order valence-corrected chi connectivity index (χ0v) is 29.1. The topological polar surface area (TPSA) is 59.9 Å². The summed E-state index contributed by atoms with van der Waals surface area (Å²) in [7, 11) is -2.16. The van der Waals surface area contributed by atoms with Gasteiger partial charge in [0.15, 0.2) is 0 Å². The number of carbonyl (C=O) groups is 1. The Bertz CT molecular complexity index is 1390. The van der Waals surface area contributed by atoms with E-state index in [2.05, 4.69) is 63.4 Å². The Labute approximate surface area is 268 Å². The molecule has 1 amide bonds. The quantitative estimate of drug-likeness (QED) is 0.187. The standard InChI is InChI=1S/C35H44Cl2N2O3Si/c1-33(2,3)41-32(40)39-35(19-20-35)29(38-30(25-15-11-9-12-16-25)26-17-13-10-14-18-26)23-24-21-27(36)31(28(37)22-24)42-43(7,8)34(4,5)6/h9-18,21-22,29H,19-20,23H2,1-8H3,(H,39,40). The third kappa shape index (κ3) is 8.43. The highest BCUT2D eigenvalue weighted by molar-refractivity contribution is 6.75. The van der Waals surface area contributed by atoms with Crippen LogP contribution >= 0.6 is 23.2 Å². The van der Waals surface area contributed by atoms with Gasteiger partial charge in [-0.05, 0) is 75.9 Å². The number of benzene rings is 3. The molecule has 4 rings (SSSR count).